The average Bonchev–Trinajstić information content (AvgIpc) is 2.82. The van der Waals surface area contributed by atoms with E-state index in [4.69, 9.17) is 4.74 Å². The number of carbonyl (C=O) groups excluding carboxylic acids is 1. The maximum absolute atomic E-state index is 11.6. The molecule has 0 amide bonds. The molecule has 1 aliphatic rings. The molecule has 3 aromatic rings. The predicted molar refractivity (Wildman–Crippen MR) is 129 cm³/mol. The van der Waals surface area contributed by atoms with Crippen molar-refractivity contribution in [2.24, 2.45) is 0 Å². The lowest BCUT2D eigenvalue weighted by atomic mass is 9.99. The number of ether oxygens (including phenoxy) is 1. The van der Waals surface area contributed by atoms with E-state index in [2.05, 4.69) is 63.7 Å². The van der Waals surface area contributed by atoms with Gasteiger partial charge in [0.15, 0.2) is 0 Å². The molecule has 0 saturated carbocycles. The number of rotatable bonds is 8. The van der Waals surface area contributed by atoms with Gasteiger partial charge in [0.05, 0.1) is 6.61 Å². The number of aryl methyl sites for hydroxylation is 3. The third kappa shape index (κ3) is 5.28. The molecule has 5 heteroatoms. The van der Waals surface area contributed by atoms with E-state index >= 15 is 0 Å². The number of para-hydroxylation sites is 1. The molecule has 0 spiro atoms. The third-order valence-corrected chi connectivity index (χ3v) is 5.91. The van der Waals surface area contributed by atoms with Gasteiger partial charge in [0.25, 0.3) is 0 Å². The summed E-state index contributed by atoms with van der Waals surface area (Å²) in [4.78, 5) is 18.7. The number of anilines is 3. The zero-order valence-electron chi connectivity index (χ0n) is 18.9. The van der Waals surface area contributed by atoms with Crippen LogP contribution in [-0.4, -0.2) is 24.1 Å². The number of hydrogen-bond donors (Lipinski definition) is 1. The molecule has 0 atom stereocenters. The van der Waals surface area contributed by atoms with Crippen molar-refractivity contribution in [1.29, 1.82) is 0 Å². The monoisotopic (exact) mass is 429 g/mol. The van der Waals surface area contributed by atoms with E-state index < -0.39 is 0 Å². The number of hydrogen-bond acceptors (Lipinski definition) is 5. The van der Waals surface area contributed by atoms with Crippen molar-refractivity contribution in [2.75, 3.05) is 23.4 Å². The second-order valence-corrected chi connectivity index (χ2v) is 8.15. The van der Waals surface area contributed by atoms with Gasteiger partial charge >= 0.3 is 5.97 Å². The number of benzene rings is 2. The summed E-state index contributed by atoms with van der Waals surface area (Å²) in [5.74, 6) is 0.686. The smallest absolute Gasteiger partial charge is 0.306 e. The van der Waals surface area contributed by atoms with Gasteiger partial charge in [-0.3, -0.25) is 4.79 Å². The molecule has 0 fully saturated rings. The lowest BCUT2D eigenvalue weighted by Gasteiger charge is -2.32. The third-order valence-electron chi connectivity index (χ3n) is 5.91. The first kappa shape index (κ1) is 21.9. The minimum absolute atomic E-state index is 0.161. The van der Waals surface area contributed by atoms with Crippen molar-refractivity contribution in [3.8, 4) is 0 Å². The van der Waals surface area contributed by atoms with Crippen molar-refractivity contribution in [2.45, 2.75) is 46.1 Å². The molecule has 0 bridgehead atoms. The number of carbonyl (C=O) groups is 1. The summed E-state index contributed by atoms with van der Waals surface area (Å²) in [6.07, 6.45) is 3.33. The molecule has 0 radical (unpaired) electrons. The Morgan fingerprint density at radius 2 is 1.97 bits per heavy atom. The molecular formula is C27H31N3O2. The van der Waals surface area contributed by atoms with Crippen molar-refractivity contribution in [1.82, 2.24) is 4.98 Å². The molecule has 5 nitrogen and oxygen atoms in total. The van der Waals surface area contributed by atoms with Crippen LogP contribution >= 0.6 is 0 Å². The van der Waals surface area contributed by atoms with E-state index in [0.717, 1.165) is 30.0 Å². The highest BCUT2D eigenvalue weighted by molar-refractivity contribution is 5.70. The fourth-order valence-corrected chi connectivity index (χ4v) is 4.22. The number of esters is 1. The highest BCUT2D eigenvalue weighted by Crippen LogP contribution is 2.34. The van der Waals surface area contributed by atoms with Crippen LogP contribution in [0.15, 0.2) is 60.7 Å². The fraction of sp³-hybridized carbons (Fsp3) is 0.333. The number of pyridine rings is 1. The lowest BCUT2D eigenvalue weighted by Crippen LogP contribution is -2.24. The summed E-state index contributed by atoms with van der Waals surface area (Å²) in [5.41, 5.74) is 7.21. The fourth-order valence-electron chi connectivity index (χ4n) is 4.22. The van der Waals surface area contributed by atoms with Gasteiger partial charge in [0, 0.05) is 36.6 Å². The van der Waals surface area contributed by atoms with E-state index in [0.29, 0.717) is 26.0 Å². The first-order chi connectivity index (χ1) is 15.6. The maximum Gasteiger partial charge on any atom is 0.306 e. The highest BCUT2D eigenvalue weighted by atomic mass is 16.5. The summed E-state index contributed by atoms with van der Waals surface area (Å²) in [6, 6.07) is 21.4. The Hall–Kier alpha value is -3.34. The second kappa shape index (κ2) is 10.3. The summed E-state index contributed by atoms with van der Waals surface area (Å²) < 4.78 is 5.01. The van der Waals surface area contributed by atoms with E-state index in [1.165, 1.54) is 28.9 Å². The van der Waals surface area contributed by atoms with Crippen LogP contribution in [0, 0.1) is 6.92 Å². The van der Waals surface area contributed by atoms with Crippen LogP contribution in [0.4, 0.5) is 17.2 Å². The van der Waals surface area contributed by atoms with Crippen molar-refractivity contribution < 1.29 is 9.53 Å². The molecular weight excluding hydrogens is 398 g/mol. The van der Waals surface area contributed by atoms with E-state index in [-0.39, 0.29) is 5.97 Å². The molecule has 4 rings (SSSR count). The van der Waals surface area contributed by atoms with Gasteiger partial charge < -0.3 is 15.0 Å². The van der Waals surface area contributed by atoms with Crippen LogP contribution < -0.4 is 10.2 Å². The van der Waals surface area contributed by atoms with E-state index in [1.54, 1.807) is 0 Å². The standard InChI is InChI=1S/C27H31N3O2/c1-3-32-27(31)16-14-22-13-15-26(29-20(22)2)28-19-21-11-12-23-8-7-17-30(25(23)18-21)24-9-5-4-6-10-24/h4-6,9-13,15,18H,3,7-8,14,16-17,19H2,1-2H3,(H,28,29). The molecule has 2 heterocycles. The Kier molecular flexibility index (Phi) is 7.05. The Morgan fingerprint density at radius 3 is 2.75 bits per heavy atom. The molecule has 32 heavy (non-hydrogen) atoms. The molecule has 2 aromatic carbocycles. The summed E-state index contributed by atoms with van der Waals surface area (Å²) in [5, 5.41) is 3.45. The molecule has 0 aliphatic carbocycles. The highest BCUT2D eigenvalue weighted by Gasteiger charge is 2.18. The summed E-state index contributed by atoms with van der Waals surface area (Å²) in [7, 11) is 0. The van der Waals surface area contributed by atoms with Gasteiger partial charge in [0.1, 0.15) is 5.82 Å². The van der Waals surface area contributed by atoms with E-state index in [9.17, 15) is 4.79 Å². The first-order valence-electron chi connectivity index (χ1n) is 11.4. The van der Waals surface area contributed by atoms with Gasteiger partial charge in [-0.05, 0) is 74.1 Å². The second-order valence-electron chi connectivity index (χ2n) is 8.15. The Balaban J connectivity index is 1.42. The zero-order valence-corrected chi connectivity index (χ0v) is 18.9. The Morgan fingerprint density at radius 1 is 1.12 bits per heavy atom. The van der Waals surface area contributed by atoms with Gasteiger partial charge in [-0.2, -0.15) is 0 Å². The van der Waals surface area contributed by atoms with Gasteiger partial charge in [-0.1, -0.05) is 36.4 Å². The molecule has 0 saturated heterocycles. The van der Waals surface area contributed by atoms with Crippen LogP contribution in [-0.2, 0) is 28.9 Å². The Labute approximate surface area is 190 Å². The first-order valence-corrected chi connectivity index (χ1v) is 11.4. The molecule has 1 aliphatic heterocycles. The molecule has 1 aromatic heterocycles. The molecule has 1 N–H and O–H groups in total. The molecule has 0 unspecified atom stereocenters. The largest absolute Gasteiger partial charge is 0.466 e. The van der Waals surface area contributed by atoms with Crippen LogP contribution in [0.3, 0.4) is 0 Å². The number of nitrogens with one attached hydrogen (secondary N) is 1. The quantitative estimate of drug-likeness (QED) is 0.474. The minimum atomic E-state index is -0.161. The maximum atomic E-state index is 11.6. The zero-order chi connectivity index (χ0) is 22.3. The summed E-state index contributed by atoms with van der Waals surface area (Å²) >= 11 is 0. The van der Waals surface area contributed by atoms with Crippen LogP contribution in [0.25, 0.3) is 0 Å². The van der Waals surface area contributed by atoms with Crippen molar-refractivity contribution in [3.63, 3.8) is 0 Å². The molecule has 166 valence electrons. The lowest BCUT2D eigenvalue weighted by molar-refractivity contribution is -0.143. The minimum Gasteiger partial charge on any atom is -0.466 e. The van der Waals surface area contributed by atoms with Crippen LogP contribution in [0.1, 0.15) is 42.1 Å². The Bertz CT molecular complexity index is 1070. The van der Waals surface area contributed by atoms with Gasteiger partial charge in [-0.15, -0.1) is 0 Å². The SMILES string of the molecule is CCOC(=O)CCc1ccc(NCc2ccc3c(c2)N(c2ccccc2)CCC3)nc1C. The van der Waals surface area contributed by atoms with E-state index in [1.807, 2.05) is 26.0 Å². The number of aromatic nitrogens is 1. The van der Waals surface area contributed by atoms with Gasteiger partial charge in [0.2, 0.25) is 0 Å². The number of fused-ring (bicyclic) bond motifs is 1. The van der Waals surface area contributed by atoms with Crippen molar-refractivity contribution >= 4 is 23.2 Å². The topological polar surface area (TPSA) is 54.5 Å². The van der Waals surface area contributed by atoms with Gasteiger partial charge in [-0.25, -0.2) is 4.98 Å². The normalized spacial score (nSPS) is 12.9. The predicted octanol–water partition coefficient (Wildman–Crippen LogP) is 5.58. The number of nitrogens with zero attached hydrogens (tertiary/aromatic N) is 2. The van der Waals surface area contributed by atoms with Crippen LogP contribution in [0.2, 0.25) is 0 Å². The summed E-state index contributed by atoms with van der Waals surface area (Å²) in [6.45, 7) is 5.99. The average molecular weight is 430 g/mol. The van der Waals surface area contributed by atoms with Crippen LogP contribution in [0.5, 0.6) is 0 Å². The van der Waals surface area contributed by atoms with Crippen molar-refractivity contribution in [3.05, 3.63) is 83.0 Å².